The maximum absolute atomic E-state index is 11.1. The van der Waals surface area contributed by atoms with Gasteiger partial charge in [-0.3, -0.25) is 4.79 Å². The minimum Gasteiger partial charge on any atom is -0.460 e. The third-order valence-corrected chi connectivity index (χ3v) is 6.26. The van der Waals surface area contributed by atoms with Crippen molar-refractivity contribution < 1.29 is 9.53 Å². The maximum atomic E-state index is 11.1. The molecule has 2 nitrogen and oxygen atoms in total. The van der Waals surface area contributed by atoms with E-state index in [-0.39, 0.29) is 21.7 Å². The molecule has 2 heteroatoms. The minimum atomic E-state index is -0.542. The first-order valence-electron chi connectivity index (χ1n) is 7.50. The normalized spacial score (nSPS) is 31.4. The molecule has 1 unspecified atom stereocenters. The second-order valence-electron chi connectivity index (χ2n) is 9.03. The van der Waals surface area contributed by atoms with E-state index in [1.807, 2.05) is 0 Å². The highest BCUT2D eigenvalue weighted by Crippen LogP contribution is 2.64. The van der Waals surface area contributed by atoms with Crippen molar-refractivity contribution in [2.24, 2.45) is 21.7 Å². The molecular weight excluding hydrogens is 248 g/mol. The average molecular weight is 280 g/mol. The van der Waals surface area contributed by atoms with Crippen LogP contribution < -0.4 is 0 Å². The summed E-state index contributed by atoms with van der Waals surface area (Å²) in [6.45, 7) is 22.8. The predicted molar refractivity (Wildman–Crippen MR) is 84.4 cm³/mol. The lowest BCUT2D eigenvalue weighted by atomic mass is 9.44. The summed E-state index contributed by atoms with van der Waals surface area (Å²) >= 11 is 0. The van der Waals surface area contributed by atoms with Crippen molar-refractivity contribution in [2.75, 3.05) is 0 Å². The molecule has 1 aliphatic carbocycles. The first-order chi connectivity index (χ1) is 8.65. The molecule has 0 amide bonds. The Morgan fingerprint density at radius 2 is 1.45 bits per heavy atom. The molecule has 0 heterocycles. The Morgan fingerprint density at radius 3 is 1.80 bits per heavy atom. The molecule has 20 heavy (non-hydrogen) atoms. The van der Waals surface area contributed by atoms with E-state index in [4.69, 9.17) is 4.74 Å². The molecule has 0 spiro atoms. The SMILES string of the molecule is CC(C)(C)C1=CC(C)(C)C(C)(OC=O)C(C)(C)C1(C)C. The highest BCUT2D eigenvalue weighted by molar-refractivity contribution is 5.42. The number of rotatable bonds is 2. The molecule has 0 bridgehead atoms. The molecule has 1 atom stereocenters. The van der Waals surface area contributed by atoms with E-state index in [0.717, 1.165) is 0 Å². The van der Waals surface area contributed by atoms with Crippen molar-refractivity contribution in [1.82, 2.24) is 0 Å². The van der Waals surface area contributed by atoms with Gasteiger partial charge in [0.1, 0.15) is 5.60 Å². The quantitative estimate of drug-likeness (QED) is 0.526. The summed E-state index contributed by atoms with van der Waals surface area (Å²) in [5, 5.41) is 0. The van der Waals surface area contributed by atoms with Gasteiger partial charge < -0.3 is 4.74 Å². The first kappa shape index (κ1) is 17.3. The zero-order valence-electron chi connectivity index (χ0n) is 15.0. The van der Waals surface area contributed by atoms with Gasteiger partial charge in [0.05, 0.1) is 0 Å². The van der Waals surface area contributed by atoms with Gasteiger partial charge in [-0.15, -0.1) is 0 Å². The van der Waals surface area contributed by atoms with Crippen LogP contribution in [0.3, 0.4) is 0 Å². The van der Waals surface area contributed by atoms with Crippen molar-refractivity contribution in [2.45, 2.75) is 74.8 Å². The number of allylic oxidation sites excluding steroid dienone is 1. The Hall–Kier alpha value is -0.790. The highest BCUT2D eigenvalue weighted by Gasteiger charge is 2.63. The first-order valence-corrected chi connectivity index (χ1v) is 7.50. The van der Waals surface area contributed by atoms with Gasteiger partial charge in [-0.25, -0.2) is 0 Å². The van der Waals surface area contributed by atoms with Crippen molar-refractivity contribution in [3.8, 4) is 0 Å². The molecule has 0 aromatic rings. The fraction of sp³-hybridized carbons (Fsp3) is 0.833. The van der Waals surface area contributed by atoms with Gasteiger partial charge in [-0.05, 0) is 17.8 Å². The molecule has 0 saturated heterocycles. The van der Waals surface area contributed by atoms with Crippen LogP contribution in [0.2, 0.25) is 0 Å². The third kappa shape index (κ3) is 2.03. The Morgan fingerprint density at radius 1 is 1.00 bits per heavy atom. The van der Waals surface area contributed by atoms with Crippen molar-refractivity contribution >= 4 is 6.47 Å². The second-order valence-corrected chi connectivity index (χ2v) is 9.03. The van der Waals surface area contributed by atoms with Crippen molar-refractivity contribution in [1.29, 1.82) is 0 Å². The van der Waals surface area contributed by atoms with Crippen molar-refractivity contribution in [3.05, 3.63) is 11.6 Å². The van der Waals surface area contributed by atoms with Gasteiger partial charge in [0, 0.05) is 10.8 Å². The molecule has 0 saturated carbocycles. The molecule has 0 aromatic carbocycles. The lowest BCUT2D eigenvalue weighted by molar-refractivity contribution is -0.198. The van der Waals surface area contributed by atoms with Crippen LogP contribution >= 0.6 is 0 Å². The number of carbonyl (C=O) groups is 1. The molecule has 0 radical (unpaired) electrons. The molecule has 1 aliphatic rings. The summed E-state index contributed by atoms with van der Waals surface area (Å²) in [5.74, 6) is 0. The van der Waals surface area contributed by atoms with Crippen LogP contribution in [-0.2, 0) is 9.53 Å². The summed E-state index contributed by atoms with van der Waals surface area (Å²) in [4.78, 5) is 11.1. The molecule has 0 aliphatic heterocycles. The Bertz CT molecular complexity index is 433. The van der Waals surface area contributed by atoms with E-state index < -0.39 is 5.60 Å². The smallest absolute Gasteiger partial charge is 0.293 e. The van der Waals surface area contributed by atoms with E-state index in [1.54, 1.807) is 0 Å². The van der Waals surface area contributed by atoms with Crippen LogP contribution in [0.25, 0.3) is 0 Å². The molecule has 116 valence electrons. The van der Waals surface area contributed by atoms with E-state index in [0.29, 0.717) is 6.47 Å². The van der Waals surface area contributed by atoms with Gasteiger partial charge in [0.25, 0.3) is 6.47 Å². The van der Waals surface area contributed by atoms with Crippen molar-refractivity contribution in [3.63, 3.8) is 0 Å². The highest BCUT2D eigenvalue weighted by atomic mass is 16.5. The summed E-state index contributed by atoms with van der Waals surface area (Å²) in [6.07, 6.45) is 2.34. The summed E-state index contributed by atoms with van der Waals surface area (Å²) < 4.78 is 5.67. The van der Waals surface area contributed by atoms with Crippen LogP contribution in [0.4, 0.5) is 0 Å². The average Bonchev–Trinajstić information content (AvgIpc) is 2.22. The Kier molecular flexibility index (Phi) is 3.75. The largest absolute Gasteiger partial charge is 0.460 e. The van der Waals surface area contributed by atoms with Crippen LogP contribution in [-0.4, -0.2) is 12.1 Å². The van der Waals surface area contributed by atoms with E-state index in [1.165, 1.54) is 5.57 Å². The van der Waals surface area contributed by atoms with E-state index >= 15 is 0 Å². The Balaban J connectivity index is 3.69. The number of carbonyl (C=O) groups excluding carboxylic acids is 1. The third-order valence-electron chi connectivity index (χ3n) is 6.26. The zero-order valence-corrected chi connectivity index (χ0v) is 15.0. The second kappa shape index (κ2) is 4.35. The predicted octanol–water partition coefficient (Wildman–Crippen LogP) is 4.98. The van der Waals surface area contributed by atoms with Crippen LogP contribution in [0.5, 0.6) is 0 Å². The summed E-state index contributed by atoms with van der Waals surface area (Å²) in [6, 6.07) is 0. The van der Waals surface area contributed by atoms with Gasteiger partial charge in [0.15, 0.2) is 0 Å². The number of hydrogen-bond acceptors (Lipinski definition) is 2. The van der Waals surface area contributed by atoms with E-state index in [9.17, 15) is 4.79 Å². The van der Waals surface area contributed by atoms with E-state index in [2.05, 4.69) is 75.3 Å². The fourth-order valence-electron chi connectivity index (χ4n) is 3.97. The van der Waals surface area contributed by atoms with Crippen LogP contribution in [0, 0.1) is 21.7 Å². The minimum absolute atomic E-state index is 0.0570. The monoisotopic (exact) mass is 280 g/mol. The molecule has 0 N–H and O–H groups in total. The molecular formula is C18H32O2. The fourth-order valence-corrected chi connectivity index (χ4v) is 3.97. The summed E-state index contributed by atoms with van der Waals surface area (Å²) in [7, 11) is 0. The topological polar surface area (TPSA) is 26.3 Å². The van der Waals surface area contributed by atoms with Gasteiger partial charge >= 0.3 is 0 Å². The van der Waals surface area contributed by atoms with Crippen LogP contribution in [0.1, 0.15) is 69.2 Å². The lowest BCUT2D eigenvalue weighted by Crippen LogP contribution is -2.63. The zero-order chi connectivity index (χ0) is 16.2. The van der Waals surface area contributed by atoms with Gasteiger partial charge in [0.2, 0.25) is 0 Å². The molecule has 1 rings (SSSR count). The van der Waals surface area contributed by atoms with Crippen LogP contribution in [0.15, 0.2) is 11.6 Å². The van der Waals surface area contributed by atoms with Gasteiger partial charge in [-0.2, -0.15) is 0 Å². The number of ether oxygens (including phenoxy) is 1. The maximum Gasteiger partial charge on any atom is 0.293 e. The lowest BCUT2D eigenvalue weighted by Gasteiger charge is -2.63. The standard InChI is InChI=1S/C18H32O2/c1-14(2,3)13-11-15(4,5)18(10,20-12-19)17(8,9)16(13,6)7/h11-12H,1-10H3. The molecule has 0 aromatic heterocycles. The van der Waals surface area contributed by atoms with Gasteiger partial charge in [-0.1, -0.05) is 74.0 Å². The Labute approximate surface area is 125 Å². The number of hydrogen-bond donors (Lipinski definition) is 0. The summed E-state index contributed by atoms with van der Waals surface area (Å²) in [5.41, 5.74) is 0.545. The molecule has 0 fully saturated rings.